The molecule has 0 saturated carbocycles. The summed E-state index contributed by atoms with van der Waals surface area (Å²) < 4.78 is 0. The lowest BCUT2D eigenvalue weighted by molar-refractivity contribution is 0.252. The van der Waals surface area contributed by atoms with E-state index in [1.54, 1.807) is 18.2 Å². The monoisotopic (exact) mass is 274 g/mol. The summed E-state index contributed by atoms with van der Waals surface area (Å²) in [6, 6.07) is 4.81. The van der Waals surface area contributed by atoms with E-state index in [4.69, 9.17) is 23.2 Å². The van der Waals surface area contributed by atoms with E-state index >= 15 is 0 Å². The van der Waals surface area contributed by atoms with Crippen molar-refractivity contribution in [3.8, 4) is 0 Å². The first-order valence-corrected chi connectivity index (χ1v) is 6.39. The normalized spacial score (nSPS) is 10.1. The van der Waals surface area contributed by atoms with E-state index in [9.17, 15) is 4.79 Å². The van der Waals surface area contributed by atoms with E-state index in [-0.39, 0.29) is 6.03 Å². The van der Waals surface area contributed by atoms with Gasteiger partial charge in [-0.15, -0.1) is 0 Å². The minimum absolute atomic E-state index is 0.281. The number of anilines is 1. The number of carbonyl (C=O) groups is 1. The van der Waals surface area contributed by atoms with Crippen LogP contribution in [0.15, 0.2) is 18.2 Å². The Labute approximate surface area is 111 Å². The van der Waals surface area contributed by atoms with E-state index in [2.05, 4.69) is 17.6 Å². The molecule has 0 fully saturated rings. The summed E-state index contributed by atoms with van der Waals surface area (Å²) in [6.45, 7) is 2.77. The van der Waals surface area contributed by atoms with E-state index < -0.39 is 0 Å². The van der Waals surface area contributed by atoms with Crippen molar-refractivity contribution in [3.63, 3.8) is 0 Å². The Hall–Kier alpha value is -0.930. The molecule has 0 aliphatic heterocycles. The van der Waals surface area contributed by atoms with Crippen molar-refractivity contribution in [1.82, 2.24) is 5.32 Å². The molecule has 1 rings (SSSR count). The molecule has 1 aromatic carbocycles. The van der Waals surface area contributed by atoms with Crippen LogP contribution in [0.2, 0.25) is 10.0 Å². The van der Waals surface area contributed by atoms with Gasteiger partial charge in [0, 0.05) is 6.54 Å². The largest absolute Gasteiger partial charge is 0.338 e. The molecule has 3 nitrogen and oxygen atoms in total. The third kappa shape index (κ3) is 4.84. The molecule has 2 N–H and O–H groups in total. The minimum Gasteiger partial charge on any atom is -0.338 e. The van der Waals surface area contributed by atoms with Crippen molar-refractivity contribution < 1.29 is 4.79 Å². The zero-order valence-corrected chi connectivity index (χ0v) is 11.2. The SMILES string of the molecule is CCCCCNC(=O)Nc1c(Cl)cccc1Cl. The Morgan fingerprint density at radius 1 is 1.24 bits per heavy atom. The van der Waals surface area contributed by atoms with Crippen molar-refractivity contribution >= 4 is 34.9 Å². The molecule has 0 spiro atoms. The summed E-state index contributed by atoms with van der Waals surface area (Å²) >= 11 is 11.9. The maximum Gasteiger partial charge on any atom is 0.319 e. The topological polar surface area (TPSA) is 41.1 Å². The average molecular weight is 275 g/mol. The fourth-order valence-electron chi connectivity index (χ4n) is 1.35. The quantitative estimate of drug-likeness (QED) is 0.772. The van der Waals surface area contributed by atoms with Crippen LogP contribution >= 0.6 is 23.2 Å². The second kappa shape index (κ2) is 7.41. The summed E-state index contributed by atoms with van der Waals surface area (Å²) in [5, 5.41) is 6.26. The molecule has 0 radical (unpaired) electrons. The van der Waals surface area contributed by atoms with E-state index in [1.165, 1.54) is 0 Å². The highest BCUT2D eigenvalue weighted by Crippen LogP contribution is 2.29. The Kier molecular flexibility index (Phi) is 6.16. The second-order valence-electron chi connectivity index (χ2n) is 3.68. The third-order valence-electron chi connectivity index (χ3n) is 2.27. The Morgan fingerprint density at radius 2 is 1.88 bits per heavy atom. The predicted molar refractivity (Wildman–Crippen MR) is 73.0 cm³/mol. The number of hydrogen-bond acceptors (Lipinski definition) is 1. The first-order chi connectivity index (χ1) is 8.15. The highest BCUT2D eigenvalue weighted by atomic mass is 35.5. The molecule has 94 valence electrons. The maximum absolute atomic E-state index is 11.5. The molecular weight excluding hydrogens is 259 g/mol. The number of benzene rings is 1. The summed E-state index contributed by atoms with van der Waals surface area (Å²) in [5.41, 5.74) is 0.448. The third-order valence-corrected chi connectivity index (χ3v) is 2.90. The number of hydrogen-bond donors (Lipinski definition) is 2. The smallest absolute Gasteiger partial charge is 0.319 e. The van der Waals surface area contributed by atoms with Gasteiger partial charge < -0.3 is 10.6 Å². The van der Waals surface area contributed by atoms with Gasteiger partial charge >= 0.3 is 6.03 Å². The number of rotatable bonds is 5. The molecule has 0 atom stereocenters. The summed E-state index contributed by atoms with van der Waals surface area (Å²) in [4.78, 5) is 11.5. The fraction of sp³-hybridized carbons (Fsp3) is 0.417. The number of carbonyl (C=O) groups excluding carboxylic acids is 1. The van der Waals surface area contributed by atoms with Gasteiger partial charge in [-0.05, 0) is 18.6 Å². The van der Waals surface area contributed by atoms with Gasteiger partial charge in [-0.3, -0.25) is 0 Å². The van der Waals surface area contributed by atoms with Crippen LogP contribution in [0.5, 0.6) is 0 Å². The van der Waals surface area contributed by atoms with Gasteiger partial charge in [0.05, 0.1) is 15.7 Å². The van der Waals surface area contributed by atoms with Gasteiger partial charge in [-0.2, -0.15) is 0 Å². The molecule has 5 heteroatoms. The number of unbranched alkanes of at least 4 members (excludes halogenated alkanes) is 2. The van der Waals surface area contributed by atoms with Crippen molar-refractivity contribution in [2.45, 2.75) is 26.2 Å². The van der Waals surface area contributed by atoms with Gasteiger partial charge in [0.2, 0.25) is 0 Å². The summed E-state index contributed by atoms with van der Waals surface area (Å²) in [6.07, 6.45) is 3.20. The lowest BCUT2D eigenvalue weighted by Gasteiger charge is -2.10. The van der Waals surface area contributed by atoms with E-state index in [1.807, 2.05) is 0 Å². The zero-order chi connectivity index (χ0) is 12.7. The molecule has 0 saturated heterocycles. The minimum atomic E-state index is -0.281. The van der Waals surface area contributed by atoms with Crippen LogP contribution in [0.4, 0.5) is 10.5 Å². The number of nitrogens with one attached hydrogen (secondary N) is 2. The average Bonchev–Trinajstić information content (AvgIpc) is 2.30. The van der Waals surface area contributed by atoms with Gasteiger partial charge in [-0.25, -0.2) is 4.79 Å². The fourth-order valence-corrected chi connectivity index (χ4v) is 1.84. The molecule has 0 aliphatic carbocycles. The molecule has 0 unspecified atom stereocenters. The van der Waals surface area contributed by atoms with Gasteiger partial charge in [0.25, 0.3) is 0 Å². The Morgan fingerprint density at radius 3 is 2.47 bits per heavy atom. The lowest BCUT2D eigenvalue weighted by Crippen LogP contribution is -2.29. The molecule has 0 bridgehead atoms. The molecule has 17 heavy (non-hydrogen) atoms. The molecule has 2 amide bonds. The van der Waals surface area contributed by atoms with Gasteiger partial charge in [0.15, 0.2) is 0 Å². The standard InChI is InChI=1S/C12H16Cl2N2O/c1-2-3-4-8-15-12(17)16-11-9(13)6-5-7-10(11)14/h5-7H,2-4,8H2,1H3,(H2,15,16,17). The van der Waals surface area contributed by atoms with E-state index in [0.29, 0.717) is 22.3 Å². The van der Waals surface area contributed by atoms with Crippen molar-refractivity contribution in [2.24, 2.45) is 0 Å². The zero-order valence-electron chi connectivity index (χ0n) is 9.72. The predicted octanol–water partition coefficient (Wildman–Crippen LogP) is 4.31. The molecule has 0 heterocycles. The van der Waals surface area contributed by atoms with E-state index in [0.717, 1.165) is 19.3 Å². The van der Waals surface area contributed by atoms with Gasteiger partial charge in [-0.1, -0.05) is 49.0 Å². The number of halogens is 2. The van der Waals surface area contributed by atoms with Crippen LogP contribution < -0.4 is 10.6 Å². The lowest BCUT2D eigenvalue weighted by atomic mass is 10.2. The van der Waals surface area contributed by atoms with Crippen LogP contribution in [0, 0.1) is 0 Å². The number of para-hydroxylation sites is 1. The highest BCUT2D eigenvalue weighted by molar-refractivity contribution is 6.39. The van der Waals surface area contributed by atoms with Crippen LogP contribution in [0.3, 0.4) is 0 Å². The Balaban J connectivity index is 2.45. The van der Waals surface area contributed by atoms with Crippen LogP contribution in [0.25, 0.3) is 0 Å². The number of urea groups is 1. The van der Waals surface area contributed by atoms with Crippen LogP contribution in [-0.2, 0) is 0 Å². The molecular formula is C12H16Cl2N2O. The Bertz CT molecular complexity index is 363. The molecule has 0 aromatic heterocycles. The van der Waals surface area contributed by atoms with Crippen LogP contribution in [0.1, 0.15) is 26.2 Å². The second-order valence-corrected chi connectivity index (χ2v) is 4.50. The van der Waals surface area contributed by atoms with Crippen LogP contribution in [-0.4, -0.2) is 12.6 Å². The highest BCUT2D eigenvalue weighted by Gasteiger charge is 2.08. The van der Waals surface area contributed by atoms with Gasteiger partial charge in [0.1, 0.15) is 0 Å². The van der Waals surface area contributed by atoms with Crippen molar-refractivity contribution in [2.75, 3.05) is 11.9 Å². The molecule has 1 aromatic rings. The molecule has 0 aliphatic rings. The van der Waals surface area contributed by atoms with Crippen molar-refractivity contribution in [1.29, 1.82) is 0 Å². The maximum atomic E-state index is 11.5. The number of amides is 2. The first kappa shape index (κ1) is 14.1. The summed E-state index contributed by atoms with van der Waals surface area (Å²) in [5.74, 6) is 0. The first-order valence-electron chi connectivity index (χ1n) is 5.64. The summed E-state index contributed by atoms with van der Waals surface area (Å²) in [7, 11) is 0. The van der Waals surface area contributed by atoms with Crippen molar-refractivity contribution in [3.05, 3.63) is 28.2 Å².